The minimum absolute atomic E-state index is 0. The number of rotatable bonds is 6. The van der Waals surface area contributed by atoms with Crippen LogP contribution in [0.15, 0.2) is 30.3 Å². The van der Waals surface area contributed by atoms with Crippen molar-refractivity contribution in [2.75, 3.05) is 20.6 Å². The molecule has 0 aliphatic carbocycles. The van der Waals surface area contributed by atoms with Crippen molar-refractivity contribution in [1.29, 1.82) is 0 Å². The Morgan fingerprint density at radius 3 is 2.57 bits per heavy atom. The van der Waals surface area contributed by atoms with Crippen LogP contribution in [0.2, 0.25) is 0 Å². The van der Waals surface area contributed by atoms with Gasteiger partial charge in [0.05, 0.1) is 0 Å². The number of halogens is 1. The van der Waals surface area contributed by atoms with Crippen molar-refractivity contribution in [2.24, 2.45) is 0 Å². The molecule has 128 valence electrons. The molecule has 2 unspecified atom stereocenters. The Morgan fingerprint density at radius 2 is 2.00 bits per heavy atom. The van der Waals surface area contributed by atoms with Gasteiger partial charge in [0, 0.05) is 33.0 Å². The van der Waals surface area contributed by atoms with E-state index in [-0.39, 0.29) is 30.3 Å². The summed E-state index contributed by atoms with van der Waals surface area (Å²) < 4.78 is 0. The largest absolute Gasteiger partial charge is 0.347 e. The second-order valence-electron chi connectivity index (χ2n) is 6.04. The topological polar surface area (TPSA) is 61.4 Å². The van der Waals surface area contributed by atoms with Crippen LogP contribution in [-0.2, 0) is 16.0 Å². The van der Waals surface area contributed by atoms with E-state index in [1.54, 1.807) is 14.1 Å². The van der Waals surface area contributed by atoms with E-state index in [0.29, 0.717) is 12.8 Å². The van der Waals surface area contributed by atoms with Crippen LogP contribution in [0, 0.1) is 0 Å². The molecule has 2 N–H and O–H groups in total. The number of carbonyl (C=O) groups excluding carboxylic acids is 2. The van der Waals surface area contributed by atoms with E-state index in [2.05, 4.69) is 10.6 Å². The number of amides is 2. The summed E-state index contributed by atoms with van der Waals surface area (Å²) in [4.78, 5) is 26.0. The third kappa shape index (κ3) is 6.20. The van der Waals surface area contributed by atoms with Crippen LogP contribution >= 0.6 is 12.4 Å². The molecule has 1 saturated heterocycles. The first-order valence-corrected chi connectivity index (χ1v) is 7.84. The highest BCUT2D eigenvalue weighted by molar-refractivity contribution is 5.87. The molecule has 5 nitrogen and oxygen atoms in total. The predicted octanol–water partition coefficient (Wildman–Crippen LogP) is 1.37. The second-order valence-corrected chi connectivity index (χ2v) is 6.04. The molecule has 23 heavy (non-hydrogen) atoms. The number of benzene rings is 1. The van der Waals surface area contributed by atoms with Gasteiger partial charge in [0.2, 0.25) is 11.8 Å². The van der Waals surface area contributed by atoms with Crippen LogP contribution < -0.4 is 10.6 Å². The molecule has 2 amide bonds. The summed E-state index contributed by atoms with van der Waals surface area (Å²) in [5.74, 6) is -0.132. The van der Waals surface area contributed by atoms with Crippen LogP contribution in [-0.4, -0.2) is 49.4 Å². The maximum absolute atomic E-state index is 12.3. The molecule has 2 atom stereocenters. The zero-order valence-corrected chi connectivity index (χ0v) is 14.6. The predicted molar refractivity (Wildman–Crippen MR) is 93.7 cm³/mol. The molecule has 0 saturated carbocycles. The normalized spacial score (nSPS) is 17.9. The smallest absolute Gasteiger partial charge is 0.244 e. The van der Waals surface area contributed by atoms with E-state index in [4.69, 9.17) is 0 Å². The number of hydrogen-bond donors (Lipinski definition) is 2. The van der Waals surface area contributed by atoms with Gasteiger partial charge in [-0.05, 0) is 24.9 Å². The molecule has 0 radical (unpaired) electrons. The van der Waals surface area contributed by atoms with E-state index in [1.165, 1.54) is 4.90 Å². The highest BCUT2D eigenvalue weighted by Crippen LogP contribution is 2.10. The molecule has 1 aromatic carbocycles. The Hall–Kier alpha value is -1.59. The second kappa shape index (κ2) is 9.53. The van der Waals surface area contributed by atoms with E-state index in [9.17, 15) is 9.59 Å². The van der Waals surface area contributed by atoms with Crippen molar-refractivity contribution < 1.29 is 9.59 Å². The first-order valence-electron chi connectivity index (χ1n) is 7.84. The van der Waals surface area contributed by atoms with Crippen LogP contribution in [0.25, 0.3) is 0 Å². The lowest BCUT2D eigenvalue weighted by molar-refractivity contribution is -0.134. The number of hydrogen-bond acceptors (Lipinski definition) is 3. The van der Waals surface area contributed by atoms with Gasteiger partial charge in [-0.1, -0.05) is 30.3 Å². The van der Waals surface area contributed by atoms with Gasteiger partial charge in [-0.2, -0.15) is 0 Å². The average molecular weight is 340 g/mol. The third-order valence-corrected chi connectivity index (χ3v) is 3.95. The van der Waals surface area contributed by atoms with Crippen molar-refractivity contribution >= 4 is 24.2 Å². The molecule has 1 aromatic rings. The highest BCUT2D eigenvalue weighted by Gasteiger charge is 2.25. The van der Waals surface area contributed by atoms with Gasteiger partial charge in [0.25, 0.3) is 0 Å². The average Bonchev–Trinajstić information content (AvgIpc) is 2.99. The van der Waals surface area contributed by atoms with Crippen LogP contribution in [0.1, 0.15) is 24.8 Å². The van der Waals surface area contributed by atoms with Crippen LogP contribution in [0.4, 0.5) is 0 Å². The van der Waals surface area contributed by atoms with Crippen molar-refractivity contribution in [3.05, 3.63) is 35.9 Å². The van der Waals surface area contributed by atoms with Gasteiger partial charge in [0.1, 0.15) is 6.04 Å². The summed E-state index contributed by atoms with van der Waals surface area (Å²) in [6.45, 7) is 0.974. The number of carbonyl (C=O) groups is 2. The SMILES string of the molecule is CN(C)C(=O)C(Cc1ccccc1)NC(=O)CC1CCCN1.Cl. The molecule has 1 aliphatic heterocycles. The molecule has 2 rings (SSSR count). The quantitative estimate of drug-likeness (QED) is 0.822. The zero-order chi connectivity index (χ0) is 15.9. The summed E-state index contributed by atoms with van der Waals surface area (Å²) in [6, 6.07) is 9.50. The summed E-state index contributed by atoms with van der Waals surface area (Å²) in [7, 11) is 3.43. The molecule has 0 bridgehead atoms. The monoisotopic (exact) mass is 339 g/mol. The van der Waals surface area contributed by atoms with Gasteiger partial charge in [-0.15, -0.1) is 12.4 Å². The first kappa shape index (κ1) is 19.5. The summed E-state index contributed by atoms with van der Waals surface area (Å²) in [5, 5.41) is 6.21. The van der Waals surface area contributed by atoms with Crippen molar-refractivity contribution in [3.8, 4) is 0 Å². The maximum atomic E-state index is 12.3. The fraction of sp³-hybridized carbons (Fsp3) is 0.529. The van der Waals surface area contributed by atoms with E-state index in [0.717, 1.165) is 24.9 Å². The molecular formula is C17H26ClN3O2. The van der Waals surface area contributed by atoms with Gasteiger partial charge >= 0.3 is 0 Å². The summed E-state index contributed by atoms with van der Waals surface area (Å²) in [6.07, 6.45) is 3.09. The molecule has 1 heterocycles. The van der Waals surface area contributed by atoms with Gasteiger partial charge in [-0.25, -0.2) is 0 Å². The van der Waals surface area contributed by atoms with Gasteiger partial charge in [0.15, 0.2) is 0 Å². The molecule has 6 heteroatoms. The summed E-state index contributed by atoms with van der Waals surface area (Å²) in [5.41, 5.74) is 1.04. The fourth-order valence-electron chi connectivity index (χ4n) is 2.77. The van der Waals surface area contributed by atoms with Gasteiger partial charge < -0.3 is 15.5 Å². The lowest BCUT2D eigenvalue weighted by Crippen LogP contribution is -2.48. The Labute approximate surface area is 144 Å². The fourth-order valence-corrected chi connectivity index (χ4v) is 2.77. The number of nitrogens with zero attached hydrogens (tertiary/aromatic N) is 1. The van der Waals surface area contributed by atoms with E-state index in [1.807, 2.05) is 30.3 Å². The zero-order valence-electron chi connectivity index (χ0n) is 13.7. The van der Waals surface area contributed by atoms with Crippen molar-refractivity contribution in [1.82, 2.24) is 15.5 Å². The Kier molecular flexibility index (Phi) is 8.06. The molecule has 0 spiro atoms. The van der Waals surface area contributed by atoms with Gasteiger partial charge in [-0.3, -0.25) is 9.59 Å². The van der Waals surface area contributed by atoms with E-state index >= 15 is 0 Å². The Morgan fingerprint density at radius 1 is 1.30 bits per heavy atom. The molecule has 1 fully saturated rings. The molecule has 1 aliphatic rings. The molecule has 0 aromatic heterocycles. The lowest BCUT2D eigenvalue weighted by Gasteiger charge is -2.22. The van der Waals surface area contributed by atoms with Crippen LogP contribution in [0.3, 0.4) is 0 Å². The minimum atomic E-state index is -0.508. The molecular weight excluding hydrogens is 314 g/mol. The van der Waals surface area contributed by atoms with E-state index < -0.39 is 6.04 Å². The maximum Gasteiger partial charge on any atom is 0.244 e. The summed E-state index contributed by atoms with van der Waals surface area (Å²) >= 11 is 0. The first-order chi connectivity index (χ1) is 10.6. The standard InChI is InChI=1S/C17H25N3O2.ClH/c1-20(2)17(22)15(11-13-7-4-3-5-8-13)19-16(21)12-14-9-6-10-18-14;/h3-5,7-8,14-15,18H,6,9-12H2,1-2H3,(H,19,21);1H. The minimum Gasteiger partial charge on any atom is -0.347 e. The number of likely N-dealkylation sites (N-methyl/N-ethyl adjacent to an activating group) is 1. The Bertz CT molecular complexity index is 502. The van der Waals surface area contributed by atoms with Crippen molar-refractivity contribution in [2.45, 2.75) is 37.8 Å². The number of nitrogens with one attached hydrogen (secondary N) is 2. The van der Waals surface area contributed by atoms with Crippen LogP contribution in [0.5, 0.6) is 0 Å². The highest BCUT2D eigenvalue weighted by atomic mass is 35.5. The Balaban J connectivity index is 0.00000264. The van der Waals surface area contributed by atoms with Crippen molar-refractivity contribution in [3.63, 3.8) is 0 Å². The third-order valence-electron chi connectivity index (χ3n) is 3.95. The lowest BCUT2D eigenvalue weighted by atomic mass is 10.0.